The predicted octanol–water partition coefficient (Wildman–Crippen LogP) is 0.892. The van der Waals surface area contributed by atoms with Crippen LogP contribution in [0.15, 0.2) is 0 Å². The number of hydrogen-bond acceptors (Lipinski definition) is 3. The van der Waals surface area contributed by atoms with Crippen LogP contribution in [0.5, 0.6) is 0 Å². The maximum atomic E-state index is 5.31. The van der Waals surface area contributed by atoms with E-state index >= 15 is 0 Å². The summed E-state index contributed by atoms with van der Waals surface area (Å²) in [6, 6.07) is 0. The lowest BCUT2D eigenvalue weighted by Gasteiger charge is -2.10. The lowest BCUT2D eigenvalue weighted by Crippen LogP contribution is -2.13. The number of thiol groups is 1. The second-order valence-corrected chi connectivity index (χ2v) is 2.61. The van der Waals surface area contributed by atoms with Crippen LogP contribution in [0.25, 0.3) is 0 Å². The summed E-state index contributed by atoms with van der Waals surface area (Å²) in [5, 5.41) is 0. The van der Waals surface area contributed by atoms with Gasteiger partial charge in [-0.3, -0.25) is 4.31 Å². The van der Waals surface area contributed by atoms with E-state index in [-0.39, 0.29) is 0 Å². The molecule has 0 aliphatic rings. The molecule has 2 nitrogen and oxygen atoms in total. The Balaban J connectivity index is 2.88. The fourth-order valence-corrected chi connectivity index (χ4v) is 0.738. The van der Waals surface area contributed by atoms with Gasteiger partial charge in [0.05, 0.1) is 0 Å². The van der Waals surface area contributed by atoms with Gasteiger partial charge in [-0.15, -0.1) is 0 Å². The Labute approximate surface area is 63.0 Å². The van der Waals surface area contributed by atoms with Gasteiger partial charge in [-0.2, -0.15) is 0 Å². The third-order valence-electron chi connectivity index (χ3n) is 1.24. The van der Waals surface area contributed by atoms with Crippen molar-refractivity contribution in [2.24, 2.45) is 5.73 Å². The van der Waals surface area contributed by atoms with E-state index in [2.05, 4.69) is 19.7 Å². The van der Waals surface area contributed by atoms with Crippen LogP contribution < -0.4 is 5.73 Å². The molecule has 0 saturated carbocycles. The van der Waals surface area contributed by atoms with E-state index in [9.17, 15) is 0 Å². The molecule has 0 fully saturated rings. The highest BCUT2D eigenvalue weighted by Gasteiger charge is 1.92. The average molecular weight is 148 g/mol. The molecule has 3 heteroatoms. The van der Waals surface area contributed by atoms with Crippen LogP contribution in [0.1, 0.15) is 19.8 Å². The Morgan fingerprint density at radius 1 is 1.44 bits per heavy atom. The largest absolute Gasteiger partial charge is 0.330 e. The van der Waals surface area contributed by atoms with Crippen molar-refractivity contribution in [1.29, 1.82) is 0 Å². The predicted molar refractivity (Wildman–Crippen MR) is 44.5 cm³/mol. The van der Waals surface area contributed by atoms with E-state index in [1.807, 2.05) is 4.31 Å². The van der Waals surface area contributed by atoms with Gasteiger partial charge < -0.3 is 5.73 Å². The third kappa shape index (κ3) is 6.15. The molecule has 56 valence electrons. The maximum Gasteiger partial charge on any atom is 0.00873 e. The second-order valence-electron chi connectivity index (χ2n) is 2.04. The number of nitrogens with zero attached hydrogens (tertiary/aromatic N) is 1. The van der Waals surface area contributed by atoms with Gasteiger partial charge in [0, 0.05) is 13.1 Å². The van der Waals surface area contributed by atoms with Crippen molar-refractivity contribution in [3.05, 3.63) is 0 Å². The highest BCUT2D eigenvalue weighted by Crippen LogP contribution is 1.95. The zero-order valence-corrected chi connectivity index (χ0v) is 6.90. The molecule has 0 aromatic heterocycles. The van der Waals surface area contributed by atoms with Crippen molar-refractivity contribution < 1.29 is 0 Å². The molecule has 0 amide bonds. The first-order valence-corrected chi connectivity index (χ1v) is 3.85. The van der Waals surface area contributed by atoms with E-state index in [1.165, 1.54) is 0 Å². The summed E-state index contributed by atoms with van der Waals surface area (Å²) in [5.74, 6) is 0. The van der Waals surface area contributed by atoms with Gasteiger partial charge in [0.2, 0.25) is 0 Å². The molecular formula is C6H16N2S. The lowest BCUT2D eigenvalue weighted by molar-refractivity contribution is 0.480. The number of hydrogen-bond donors (Lipinski definition) is 2. The van der Waals surface area contributed by atoms with Crippen molar-refractivity contribution >= 4 is 12.8 Å². The van der Waals surface area contributed by atoms with E-state index in [0.29, 0.717) is 0 Å². The minimum atomic E-state index is 0.797. The first-order valence-electron chi connectivity index (χ1n) is 3.45. The summed E-state index contributed by atoms with van der Waals surface area (Å²) >= 11 is 4.20. The van der Waals surface area contributed by atoms with Gasteiger partial charge in [-0.1, -0.05) is 19.7 Å². The molecule has 9 heavy (non-hydrogen) atoms. The molecule has 0 aliphatic heterocycles. The zero-order valence-electron chi connectivity index (χ0n) is 6.01. The summed E-state index contributed by atoms with van der Waals surface area (Å²) in [6.45, 7) is 4.95. The highest BCUT2D eigenvalue weighted by molar-refractivity contribution is 7.77. The van der Waals surface area contributed by atoms with Gasteiger partial charge in [-0.25, -0.2) is 0 Å². The normalized spacial score (nSPS) is 10.7. The van der Waals surface area contributed by atoms with E-state index in [4.69, 9.17) is 5.73 Å². The Morgan fingerprint density at radius 3 is 2.56 bits per heavy atom. The Kier molecular flexibility index (Phi) is 6.58. The summed E-state index contributed by atoms with van der Waals surface area (Å²) < 4.78 is 2.00. The molecule has 0 atom stereocenters. The number of nitrogens with two attached hydrogens (primary N) is 1. The van der Waals surface area contributed by atoms with Crippen molar-refractivity contribution in [2.75, 3.05) is 19.6 Å². The van der Waals surface area contributed by atoms with Crippen LogP contribution in [0.3, 0.4) is 0 Å². The van der Waals surface area contributed by atoms with Gasteiger partial charge in [0.1, 0.15) is 0 Å². The van der Waals surface area contributed by atoms with Crippen LogP contribution in [0, 0.1) is 0 Å². The molecule has 0 aromatic rings. The third-order valence-corrected chi connectivity index (χ3v) is 1.72. The molecule has 0 rings (SSSR count). The monoisotopic (exact) mass is 148 g/mol. The zero-order chi connectivity index (χ0) is 7.11. The molecule has 2 N–H and O–H groups in total. The summed E-state index contributed by atoms with van der Waals surface area (Å²) in [4.78, 5) is 0. The molecule has 0 aliphatic carbocycles. The molecule has 0 radical (unpaired) electrons. The molecule has 0 aromatic carbocycles. The summed E-state index contributed by atoms with van der Waals surface area (Å²) in [6.07, 6.45) is 2.27. The smallest absolute Gasteiger partial charge is 0.00873 e. The number of rotatable bonds is 5. The number of unbranched alkanes of at least 4 members (excludes halogenated alkanes) is 1. The van der Waals surface area contributed by atoms with Crippen molar-refractivity contribution in [3.8, 4) is 0 Å². The molecule has 0 unspecified atom stereocenters. The van der Waals surface area contributed by atoms with Crippen molar-refractivity contribution in [2.45, 2.75) is 19.8 Å². The Hall–Kier alpha value is 0.270. The first-order chi connectivity index (χ1) is 4.31. The Morgan fingerprint density at radius 2 is 2.11 bits per heavy atom. The average Bonchev–Trinajstić information content (AvgIpc) is 1.89. The van der Waals surface area contributed by atoms with E-state index in [1.54, 1.807) is 0 Å². The van der Waals surface area contributed by atoms with Gasteiger partial charge in [0.25, 0.3) is 0 Å². The van der Waals surface area contributed by atoms with Gasteiger partial charge >= 0.3 is 0 Å². The van der Waals surface area contributed by atoms with Crippen LogP contribution in [0.2, 0.25) is 0 Å². The summed E-state index contributed by atoms with van der Waals surface area (Å²) in [7, 11) is 0. The highest BCUT2D eigenvalue weighted by atomic mass is 32.1. The van der Waals surface area contributed by atoms with Gasteiger partial charge in [0.15, 0.2) is 0 Å². The fourth-order valence-electron chi connectivity index (χ4n) is 0.597. The topological polar surface area (TPSA) is 29.3 Å². The SMILES string of the molecule is CCN(S)CCCCN. The molecule has 0 bridgehead atoms. The first kappa shape index (κ1) is 9.27. The van der Waals surface area contributed by atoms with Crippen LogP contribution in [0.4, 0.5) is 0 Å². The molecule has 0 heterocycles. The van der Waals surface area contributed by atoms with Crippen molar-refractivity contribution in [1.82, 2.24) is 4.31 Å². The molecule has 0 spiro atoms. The van der Waals surface area contributed by atoms with Crippen molar-refractivity contribution in [3.63, 3.8) is 0 Å². The molecule has 0 saturated heterocycles. The standard InChI is InChI=1S/C6H16N2S/c1-2-8(9)6-4-3-5-7/h9H,2-7H2,1H3. The van der Waals surface area contributed by atoms with E-state index in [0.717, 1.165) is 32.5 Å². The van der Waals surface area contributed by atoms with Crippen LogP contribution in [-0.2, 0) is 0 Å². The summed E-state index contributed by atoms with van der Waals surface area (Å²) in [5.41, 5.74) is 5.31. The van der Waals surface area contributed by atoms with E-state index < -0.39 is 0 Å². The minimum absolute atomic E-state index is 0.797. The second kappa shape index (κ2) is 6.39. The van der Waals surface area contributed by atoms with Crippen LogP contribution in [-0.4, -0.2) is 23.9 Å². The fraction of sp³-hybridized carbons (Fsp3) is 1.00. The maximum absolute atomic E-state index is 5.31. The molecular weight excluding hydrogens is 132 g/mol. The van der Waals surface area contributed by atoms with Gasteiger partial charge in [-0.05, 0) is 19.4 Å². The van der Waals surface area contributed by atoms with Crippen LogP contribution >= 0.6 is 12.8 Å². The Bertz CT molecular complexity index is 59.0. The minimum Gasteiger partial charge on any atom is -0.330 e. The quantitative estimate of drug-likeness (QED) is 0.448. The lowest BCUT2D eigenvalue weighted by atomic mass is 10.3.